The summed E-state index contributed by atoms with van der Waals surface area (Å²) in [6.45, 7) is 5.17. The second kappa shape index (κ2) is 4.94. The van der Waals surface area contributed by atoms with E-state index in [9.17, 15) is 8.42 Å². The first kappa shape index (κ1) is 13.1. The maximum atomic E-state index is 11.7. The van der Waals surface area contributed by atoms with Crippen molar-refractivity contribution in [1.29, 1.82) is 0 Å². The standard InChI is InChI=1S/C9H17N3O3S/c1-6(2)9-10-4-8(11-9)16(14,15)12-7(3)5-13/h4,6-7,12-13H,5H2,1-3H3,(H,10,11)/t7-/m1/s1. The summed E-state index contributed by atoms with van der Waals surface area (Å²) in [6, 6.07) is -0.518. The zero-order chi connectivity index (χ0) is 12.3. The summed E-state index contributed by atoms with van der Waals surface area (Å²) in [7, 11) is -3.61. The van der Waals surface area contributed by atoms with Gasteiger partial charge in [0.25, 0.3) is 10.0 Å². The zero-order valence-electron chi connectivity index (χ0n) is 9.56. The third-order valence-corrected chi connectivity index (χ3v) is 3.54. The van der Waals surface area contributed by atoms with Gasteiger partial charge >= 0.3 is 0 Å². The minimum Gasteiger partial charge on any atom is -0.395 e. The molecular formula is C9H17N3O3S. The molecule has 0 aliphatic rings. The van der Waals surface area contributed by atoms with E-state index in [0.717, 1.165) is 0 Å². The van der Waals surface area contributed by atoms with Gasteiger partial charge in [0, 0.05) is 12.0 Å². The Bertz CT molecular complexity index is 439. The van der Waals surface area contributed by atoms with Gasteiger partial charge in [-0.3, -0.25) is 0 Å². The van der Waals surface area contributed by atoms with Gasteiger partial charge in [-0.25, -0.2) is 18.1 Å². The van der Waals surface area contributed by atoms with Gasteiger partial charge in [-0.1, -0.05) is 13.8 Å². The topological polar surface area (TPSA) is 95.1 Å². The number of hydrogen-bond donors (Lipinski definition) is 3. The average Bonchev–Trinajstić information content (AvgIpc) is 2.66. The number of imidazole rings is 1. The summed E-state index contributed by atoms with van der Waals surface area (Å²) in [5, 5.41) is 8.81. The van der Waals surface area contributed by atoms with Crippen molar-refractivity contribution in [3.8, 4) is 0 Å². The smallest absolute Gasteiger partial charge is 0.257 e. The molecule has 0 fully saturated rings. The summed E-state index contributed by atoms with van der Waals surface area (Å²) >= 11 is 0. The van der Waals surface area contributed by atoms with Crippen LogP contribution in [0, 0.1) is 0 Å². The van der Waals surface area contributed by atoms with Crippen LogP contribution in [0.25, 0.3) is 0 Å². The Kier molecular flexibility index (Phi) is 4.06. The van der Waals surface area contributed by atoms with Gasteiger partial charge in [-0.15, -0.1) is 0 Å². The van der Waals surface area contributed by atoms with Crippen LogP contribution in [-0.4, -0.2) is 36.1 Å². The summed E-state index contributed by atoms with van der Waals surface area (Å²) in [5.74, 6) is 0.760. The average molecular weight is 247 g/mol. The van der Waals surface area contributed by atoms with Crippen molar-refractivity contribution in [3.05, 3.63) is 12.0 Å². The lowest BCUT2D eigenvalue weighted by Crippen LogP contribution is -2.35. The van der Waals surface area contributed by atoms with Crippen LogP contribution >= 0.6 is 0 Å². The molecule has 0 aliphatic heterocycles. The number of aromatic amines is 1. The number of H-pyrrole nitrogens is 1. The maximum absolute atomic E-state index is 11.7. The normalized spacial score (nSPS) is 14.3. The summed E-state index contributed by atoms with van der Waals surface area (Å²) in [6.07, 6.45) is 1.28. The highest BCUT2D eigenvalue weighted by molar-refractivity contribution is 7.89. The van der Waals surface area contributed by atoms with Crippen molar-refractivity contribution in [2.24, 2.45) is 0 Å². The minimum atomic E-state index is -3.61. The molecule has 92 valence electrons. The van der Waals surface area contributed by atoms with E-state index in [0.29, 0.717) is 5.82 Å². The van der Waals surface area contributed by atoms with Crippen molar-refractivity contribution < 1.29 is 13.5 Å². The van der Waals surface area contributed by atoms with Crippen molar-refractivity contribution in [2.45, 2.75) is 37.8 Å². The number of nitrogens with one attached hydrogen (secondary N) is 2. The molecule has 0 spiro atoms. The molecule has 1 aromatic heterocycles. The van der Waals surface area contributed by atoms with E-state index in [2.05, 4.69) is 14.7 Å². The SMILES string of the molecule is CC(C)c1ncc(S(=O)(=O)N[C@H](C)CO)[nH]1. The molecule has 0 unspecified atom stereocenters. The van der Waals surface area contributed by atoms with Gasteiger partial charge in [-0.2, -0.15) is 0 Å². The molecule has 1 rings (SSSR count). The fraction of sp³-hybridized carbons (Fsp3) is 0.667. The molecule has 7 heteroatoms. The third-order valence-electron chi connectivity index (χ3n) is 2.04. The molecule has 16 heavy (non-hydrogen) atoms. The van der Waals surface area contributed by atoms with Crippen molar-refractivity contribution >= 4 is 10.0 Å². The van der Waals surface area contributed by atoms with Gasteiger partial charge in [0.2, 0.25) is 0 Å². The molecule has 3 N–H and O–H groups in total. The highest BCUT2D eigenvalue weighted by atomic mass is 32.2. The van der Waals surface area contributed by atoms with E-state index in [-0.39, 0.29) is 17.6 Å². The molecular weight excluding hydrogens is 230 g/mol. The van der Waals surface area contributed by atoms with Crippen LogP contribution in [0.2, 0.25) is 0 Å². The number of aliphatic hydroxyl groups is 1. The summed E-state index contributed by atoms with van der Waals surface area (Å²) in [4.78, 5) is 6.72. The van der Waals surface area contributed by atoms with E-state index in [1.165, 1.54) is 6.20 Å². The van der Waals surface area contributed by atoms with Gasteiger partial charge in [0.1, 0.15) is 5.82 Å². The van der Waals surface area contributed by atoms with Crippen LogP contribution in [0.5, 0.6) is 0 Å². The first-order valence-corrected chi connectivity index (χ1v) is 6.53. The molecule has 1 heterocycles. The van der Waals surface area contributed by atoms with E-state index in [1.807, 2.05) is 13.8 Å². The van der Waals surface area contributed by atoms with Crippen molar-refractivity contribution in [2.75, 3.05) is 6.61 Å². The fourth-order valence-corrected chi connectivity index (χ4v) is 2.28. The predicted octanol–water partition coefficient (Wildman–Crippen LogP) is 0.192. The Morgan fingerprint density at radius 2 is 2.12 bits per heavy atom. The molecule has 1 atom stereocenters. The quantitative estimate of drug-likeness (QED) is 0.692. The first-order valence-electron chi connectivity index (χ1n) is 5.05. The Hall–Kier alpha value is -0.920. The Morgan fingerprint density at radius 3 is 2.56 bits per heavy atom. The van der Waals surface area contributed by atoms with E-state index < -0.39 is 16.1 Å². The van der Waals surface area contributed by atoms with Crippen LogP contribution in [0.1, 0.15) is 32.5 Å². The highest BCUT2D eigenvalue weighted by Crippen LogP contribution is 2.13. The van der Waals surface area contributed by atoms with Gasteiger partial charge in [0.05, 0.1) is 12.8 Å². The van der Waals surface area contributed by atoms with Gasteiger partial charge in [0.15, 0.2) is 5.03 Å². The monoisotopic (exact) mass is 247 g/mol. The van der Waals surface area contributed by atoms with Gasteiger partial charge < -0.3 is 10.1 Å². The van der Waals surface area contributed by atoms with Crippen LogP contribution in [0.4, 0.5) is 0 Å². The number of rotatable bonds is 5. The molecule has 0 aromatic carbocycles. The number of sulfonamides is 1. The molecule has 0 bridgehead atoms. The first-order chi connectivity index (χ1) is 7.36. The molecule has 0 saturated heterocycles. The van der Waals surface area contributed by atoms with E-state index in [4.69, 9.17) is 5.11 Å². The largest absolute Gasteiger partial charge is 0.395 e. The summed E-state index contributed by atoms with van der Waals surface area (Å²) < 4.78 is 25.8. The lowest BCUT2D eigenvalue weighted by atomic mass is 10.2. The maximum Gasteiger partial charge on any atom is 0.257 e. The van der Waals surface area contributed by atoms with E-state index >= 15 is 0 Å². The zero-order valence-corrected chi connectivity index (χ0v) is 10.4. The van der Waals surface area contributed by atoms with E-state index in [1.54, 1.807) is 6.92 Å². The lowest BCUT2D eigenvalue weighted by molar-refractivity contribution is 0.265. The number of hydrogen-bond acceptors (Lipinski definition) is 4. The minimum absolute atomic E-state index is 0.0245. The van der Waals surface area contributed by atoms with Crippen LogP contribution < -0.4 is 4.72 Å². The number of nitrogens with zero attached hydrogens (tertiary/aromatic N) is 1. The second-order valence-corrected chi connectivity index (χ2v) is 5.67. The van der Waals surface area contributed by atoms with Crippen molar-refractivity contribution in [3.63, 3.8) is 0 Å². The molecule has 6 nitrogen and oxygen atoms in total. The summed E-state index contributed by atoms with van der Waals surface area (Å²) in [5.41, 5.74) is 0. The van der Waals surface area contributed by atoms with Crippen molar-refractivity contribution in [1.82, 2.24) is 14.7 Å². The Labute approximate surface area is 95.2 Å². The van der Waals surface area contributed by atoms with Crippen LogP contribution in [0.15, 0.2) is 11.2 Å². The Balaban J connectivity index is 2.90. The van der Waals surface area contributed by atoms with Crippen LogP contribution in [0.3, 0.4) is 0 Å². The third kappa shape index (κ3) is 3.03. The molecule has 0 radical (unpaired) electrons. The highest BCUT2D eigenvalue weighted by Gasteiger charge is 2.20. The second-order valence-electron chi connectivity index (χ2n) is 3.99. The van der Waals surface area contributed by atoms with Crippen LogP contribution in [-0.2, 0) is 10.0 Å². The number of aliphatic hydroxyl groups excluding tert-OH is 1. The van der Waals surface area contributed by atoms with Gasteiger partial charge in [-0.05, 0) is 6.92 Å². The Morgan fingerprint density at radius 1 is 1.50 bits per heavy atom. The molecule has 0 amide bonds. The lowest BCUT2D eigenvalue weighted by Gasteiger charge is -2.09. The predicted molar refractivity (Wildman–Crippen MR) is 59.5 cm³/mol. The number of aromatic nitrogens is 2. The molecule has 1 aromatic rings. The molecule has 0 aliphatic carbocycles. The fourth-order valence-electron chi connectivity index (χ4n) is 1.11. The molecule has 0 saturated carbocycles.